The lowest BCUT2D eigenvalue weighted by atomic mass is 10.2. The second-order valence-corrected chi connectivity index (χ2v) is 4.63. The van der Waals surface area contributed by atoms with Crippen molar-refractivity contribution < 1.29 is 14.1 Å². The number of carbonyl (C=O) groups excluding carboxylic acids is 1. The van der Waals surface area contributed by atoms with Crippen molar-refractivity contribution in [2.45, 2.75) is 20.0 Å². The SMILES string of the molecule is CC(=O)OC(C)c1nc(-c2ccc(Br)cc2)no1. The van der Waals surface area contributed by atoms with E-state index in [4.69, 9.17) is 9.26 Å². The van der Waals surface area contributed by atoms with Crippen molar-refractivity contribution in [3.8, 4) is 11.4 Å². The van der Waals surface area contributed by atoms with Gasteiger partial charge in [-0.15, -0.1) is 0 Å². The number of halogens is 1. The van der Waals surface area contributed by atoms with Gasteiger partial charge in [0.1, 0.15) is 0 Å². The molecule has 0 N–H and O–H groups in total. The fraction of sp³-hybridized carbons (Fsp3) is 0.250. The highest BCUT2D eigenvalue weighted by Gasteiger charge is 2.17. The Morgan fingerprint density at radius 1 is 1.39 bits per heavy atom. The summed E-state index contributed by atoms with van der Waals surface area (Å²) in [7, 11) is 0. The molecule has 0 spiro atoms. The zero-order valence-electron chi connectivity index (χ0n) is 9.88. The fourth-order valence-corrected chi connectivity index (χ4v) is 1.68. The summed E-state index contributed by atoms with van der Waals surface area (Å²) in [5.74, 6) is 0.366. The molecule has 0 aliphatic heterocycles. The van der Waals surface area contributed by atoms with Crippen LogP contribution in [0.2, 0.25) is 0 Å². The predicted octanol–water partition coefficient (Wildman–Crippen LogP) is 3.12. The van der Waals surface area contributed by atoms with Crippen LogP contribution in [0.3, 0.4) is 0 Å². The lowest BCUT2D eigenvalue weighted by Gasteiger charge is -2.05. The van der Waals surface area contributed by atoms with Gasteiger partial charge in [0.25, 0.3) is 5.89 Å². The van der Waals surface area contributed by atoms with Gasteiger partial charge >= 0.3 is 5.97 Å². The quantitative estimate of drug-likeness (QED) is 0.815. The molecular formula is C12H11BrN2O3. The molecule has 1 atom stereocenters. The van der Waals surface area contributed by atoms with E-state index >= 15 is 0 Å². The van der Waals surface area contributed by atoms with Crippen molar-refractivity contribution in [2.75, 3.05) is 0 Å². The Labute approximate surface area is 112 Å². The molecule has 0 aliphatic carbocycles. The molecule has 0 fully saturated rings. The first-order valence-corrected chi connectivity index (χ1v) is 6.12. The molecule has 1 unspecified atom stereocenters. The van der Waals surface area contributed by atoms with Crippen molar-refractivity contribution >= 4 is 21.9 Å². The molecule has 2 rings (SSSR count). The summed E-state index contributed by atoms with van der Waals surface area (Å²) in [4.78, 5) is 15.0. The maximum absolute atomic E-state index is 10.8. The van der Waals surface area contributed by atoms with Crippen molar-refractivity contribution in [1.82, 2.24) is 10.1 Å². The number of rotatable bonds is 3. The lowest BCUT2D eigenvalue weighted by molar-refractivity contribution is -0.146. The Hall–Kier alpha value is -1.69. The van der Waals surface area contributed by atoms with Gasteiger partial charge in [0.05, 0.1) is 0 Å². The van der Waals surface area contributed by atoms with Gasteiger partial charge in [-0.05, 0) is 31.2 Å². The van der Waals surface area contributed by atoms with E-state index in [-0.39, 0.29) is 11.9 Å². The van der Waals surface area contributed by atoms with Crippen LogP contribution in [0, 0.1) is 0 Å². The maximum atomic E-state index is 10.8. The topological polar surface area (TPSA) is 65.2 Å². The Morgan fingerprint density at radius 3 is 2.67 bits per heavy atom. The maximum Gasteiger partial charge on any atom is 0.303 e. The highest BCUT2D eigenvalue weighted by Crippen LogP contribution is 2.22. The standard InChI is InChI=1S/C12H11BrN2O3/c1-7(17-8(2)16)12-14-11(15-18-12)9-3-5-10(13)6-4-9/h3-7H,1-2H3. The monoisotopic (exact) mass is 310 g/mol. The normalized spacial score (nSPS) is 12.2. The number of esters is 1. The number of aromatic nitrogens is 2. The van der Waals surface area contributed by atoms with Crippen LogP contribution in [0.4, 0.5) is 0 Å². The molecular weight excluding hydrogens is 300 g/mol. The van der Waals surface area contributed by atoms with Crippen molar-refractivity contribution in [3.05, 3.63) is 34.6 Å². The van der Waals surface area contributed by atoms with Crippen LogP contribution in [0.5, 0.6) is 0 Å². The van der Waals surface area contributed by atoms with E-state index < -0.39 is 6.10 Å². The van der Waals surface area contributed by atoms with Gasteiger partial charge < -0.3 is 9.26 Å². The fourth-order valence-electron chi connectivity index (χ4n) is 1.42. The second kappa shape index (κ2) is 5.30. The molecule has 0 radical (unpaired) electrons. The molecule has 1 aromatic heterocycles. The summed E-state index contributed by atoms with van der Waals surface area (Å²) in [6.07, 6.45) is -0.542. The van der Waals surface area contributed by atoms with Crippen LogP contribution in [-0.2, 0) is 9.53 Å². The molecule has 18 heavy (non-hydrogen) atoms. The summed E-state index contributed by atoms with van der Waals surface area (Å²) < 4.78 is 11.0. The number of hydrogen-bond donors (Lipinski definition) is 0. The van der Waals surface area contributed by atoms with E-state index in [1.807, 2.05) is 24.3 Å². The Balaban J connectivity index is 2.19. The van der Waals surface area contributed by atoms with Crippen molar-refractivity contribution in [1.29, 1.82) is 0 Å². The van der Waals surface area contributed by atoms with Gasteiger partial charge in [0.15, 0.2) is 6.10 Å². The van der Waals surface area contributed by atoms with Crippen LogP contribution < -0.4 is 0 Å². The van der Waals surface area contributed by atoms with Gasteiger partial charge in [-0.2, -0.15) is 4.98 Å². The van der Waals surface area contributed by atoms with E-state index in [9.17, 15) is 4.79 Å². The number of carbonyl (C=O) groups is 1. The van der Waals surface area contributed by atoms with Crippen LogP contribution in [-0.4, -0.2) is 16.1 Å². The smallest absolute Gasteiger partial charge is 0.303 e. The van der Waals surface area contributed by atoms with Crippen molar-refractivity contribution in [2.24, 2.45) is 0 Å². The summed E-state index contributed by atoms with van der Waals surface area (Å²) >= 11 is 3.35. The van der Waals surface area contributed by atoms with Crippen LogP contribution in [0.25, 0.3) is 11.4 Å². The highest BCUT2D eigenvalue weighted by molar-refractivity contribution is 9.10. The highest BCUT2D eigenvalue weighted by atomic mass is 79.9. The minimum absolute atomic E-state index is 0.281. The summed E-state index contributed by atoms with van der Waals surface area (Å²) in [6.45, 7) is 3.02. The Kier molecular flexibility index (Phi) is 3.76. The first kappa shape index (κ1) is 12.8. The largest absolute Gasteiger partial charge is 0.453 e. The van der Waals surface area contributed by atoms with Gasteiger partial charge in [0, 0.05) is 17.0 Å². The molecule has 0 saturated heterocycles. The molecule has 2 aromatic rings. The van der Waals surface area contributed by atoms with Crippen molar-refractivity contribution in [3.63, 3.8) is 0 Å². The lowest BCUT2D eigenvalue weighted by Crippen LogP contribution is -2.04. The Bertz CT molecular complexity index is 551. The summed E-state index contributed by atoms with van der Waals surface area (Å²) in [6, 6.07) is 7.52. The van der Waals surface area contributed by atoms with Gasteiger partial charge in [0.2, 0.25) is 5.82 Å². The minimum Gasteiger partial charge on any atom is -0.453 e. The van der Waals surface area contributed by atoms with E-state index in [2.05, 4.69) is 26.1 Å². The third kappa shape index (κ3) is 2.95. The van der Waals surface area contributed by atoms with E-state index in [0.29, 0.717) is 5.82 Å². The number of benzene rings is 1. The molecule has 0 aliphatic rings. The first-order valence-electron chi connectivity index (χ1n) is 5.33. The van der Waals surface area contributed by atoms with E-state index in [0.717, 1.165) is 10.0 Å². The molecule has 1 heterocycles. The second-order valence-electron chi connectivity index (χ2n) is 3.71. The Morgan fingerprint density at radius 2 is 2.06 bits per heavy atom. The number of nitrogens with zero attached hydrogens (tertiary/aromatic N) is 2. The molecule has 94 valence electrons. The number of ether oxygens (including phenoxy) is 1. The van der Waals surface area contributed by atoms with E-state index in [1.54, 1.807) is 6.92 Å². The zero-order valence-corrected chi connectivity index (χ0v) is 11.5. The first-order chi connectivity index (χ1) is 8.56. The summed E-state index contributed by atoms with van der Waals surface area (Å²) in [5, 5.41) is 3.85. The third-order valence-electron chi connectivity index (χ3n) is 2.23. The molecule has 6 heteroatoms. The zero-order chi connectivity index (χ0) is 13.1. The molecule has 0 amide bonds. The molecule has 0 saturated carbocycles. The predicted molar refractivity (Wildman–Crippen MR) is 67.6 cm³/mol. The van der Waals surface area contributed by atoms with Crippen LogP contribution in [0.1, 0.15) is 25.8 Å². The molecule has 1 aromatic carbocycles. The third-order valence-corrected chi connectivity index (χ3v) is 2.76. The number of hydrogen-bond acceptors (Lipinski definition) is 5. The van der Waals surface area contributed by atoms with E-state index in [1.165, 1.54) is 6.92 Å². The van der Waals surface area contributed by atoms with Gasteiger partial charge in [-0.1, -0.05) is 21.1 Å². The summed E-state index contributed by atoms with van der Waals surface area (Å²) in [5.41, 5.74) is 0.836. The average Bonchev–Trinajstić information content (AvgIpc) is 2.78. The van der Waals surface area contributed by atoms with Gasteiger partial charge in [-0.3, -0.25) is 4.79 Å². The van der Waals surface area contributed by atoms with Crippen LogP contribution >= 0.6 is 15.9 Å². The average molecular weight is 311 g/mol. The molecule has 0 bridgehead atoms. The molecule has 5 nitrogen and oxygen atoms in total. The van der Waals surface area contributed by atoms with Crippen LogP contribution in [0.15, 0.2) is 33.3 Å². The van der Waals surface area contributed by atoms with Gasteiger partial charge in [-0.25, -0.2) is 0 Å². The minimum atomic E-state index is -0.542.